The summed E-state index contributed by atoms with van der Waals surface area (Å²) in [7, 11) is 0. The third kappa shape index (κ3) is 5.04. The number of fused-ring (bicyclic) bond motifs is 1. The molecule has 1 aromatic carbocycles. The normalized spacial score (nSPS) is 18.3. The molecule has 0 unspecified atom stereocenters. The van der Waals surface area contributed by atoms with Gasteiger partial charge in [0.25, 0.3) is 11.1 Å². The summed E-state index contributed by atoms with van der Waals surface area (Å²) in [6.07, 6.45) is 7.32. The summed E-state index contributed by atoms with van der Waals surface area (Å²) in [5, 5.41) is 6.73. The van der Waals surface area contributed by atoms with Gasteiger partial charge in [-0.2, -0.15) is 0 Å². The molecule has 0 atom stereocenters. The van der Waals surface area contributed by atoms with Crippen molar-refractivity contribution in [3.8, 4) is 0 Å². The number of anilines is 1. The molecule has 5 rings (SSSR count). The molecule has 2 saturated heterocycles. The number of amides is 2. The van der Waals surface area contributed by atoms with Crippen LogP contribution in [-0.4, -0.2) is 45.7 Å². The van der Waals surface area contributed by atoms with Crippen molar-refractivity contribution in [1.82, 2.24) is 25.6 Å². The highest BCUT2D eigenvalue weighted by atomic mass is 32.2. The average molecular weight is 461 g/mol. The predicted molar refractivity (Wildman–Crippen MR) is 130 cm³/mol. The summed E-state index contributed by atoms with van der Waals surface area (Å²) < 4.78 is 0. The Hall–Kier alpha value is -3.30. The van der Waals surface area contributed by atoms with E-state index in [0.717, 1.165) is 56.3 Å². The monoisotopic (exact) mass is 460 g/mol. The van der Waals surface area contributed by atoms with Gasteiger partial charge in [-0.05, 0) is 66.9 Å². The van der Waals surface area contributed by atoms with Crippen LogP contribution in [0.1, 0.15) is 24.1 Å². The number of imide groups is 1. The topological polar surface area (TPSA) is 100 Å². The third-order valence-corrected chi connectivity index (χ3v) is 6.78. The number of hydrogen-bond acceptors (Lipinski definition) is 8. The van der Waals surface area contributed by atoms with Gasteiger partial charge in [-0.1, -0.05) is 18.2 Å². The SMILES string of the molecule is O=C1NC(=O)/C(=C/c2ccnc(N3CCC(CNCc4ccnc5ccccc45)CC3)n2)S1. The van der Waals surface area contributed by atoms with E-state index >= 15 is 0 Å². The van der Waals surface area contributed by atoms with Gasteiger partial charge >= 0.3 is 0 Å². The fourth-order valence-corrected chi connectivity index (χ4v) is 4.87. The Morgan fingerprint density at radius 2 is 1.91 bits per heavy atom. The molecular weight excluding hydrogens is 436 g/mol. The number of thioether (sulfide) groups is 1. The van der Waals surface area contributed by atoms with E-state index in [1.54, 1.807) is 18.3 Å². The molecule has 0 aliphatic carbocycles. The maximum absolute atomic E-state index is 11.8. The van der Waals surface area contributed by atoms with Crippen molar-refractivity contribution in [2.75, 3.05) is 24.5 Å². The van der Waals surface area contributed by atoms with Crippen LogP contribution in [0.15, 0.2) is 53.7 Å². The second-order valence-corrected chi connectivity index (χ2v) is 9.20. The molecule has 2 aromatic heterocycles. The highest BCUT2D eigenvalue weighted by Crippen LogP contribution is 2.26. The smallest absolute Gasteiger partial charge is 0.290 e. The number of piperidine rings is 1. The van der Waals surface area contributed by atoms with Crippen molar-refractivity contribution in [2.45, 2.75) is 19.4 Å². The summed E-state index contributed by atoms with van der Waals surface area (Å²) >= 11 is 0.894. The van der Waals surface area contributed by atoms with Crippen LogP contribution in [-0.2, 0) is 11.3 Å². The molecular formula is C24H24N6O2S. The quantitative estimate of drug-likeness (QED) is 0.540. The molecule has 0 radical (unpaired) electrons. The van der Waals surface area contributed by atoms with E-state index in [-0.39, 0.29) is 11.1 Å². The number of benzene rings is 1. The minimum Gasteiger partial charge on any atom is -0.341 e. The molecule has 8 nitrogen and oxygen atoms in total. The van der Waals surface area contributed by atoms with Gasteiger partial charge in [-0.15, -0.1) is 0 Å². The standard InChI is InChI=1S/C24H24N6O2S/c31-22-21(33-24(32)29-22)13-18-6-10-27-23(28-18)30-11-7-16(8-12-30)14-25-15-17-5-9-26-20-4-2-1-3-19(17)20/h1-6,9-10,13,16,25H,7-8,11-12,14-15H2,(H,29,31,32)/b21-13-. The largest absolute Gasteiger partial charge is 0.341 e. The molecule has 2 N–H and O–H groups in total. The van der Waals surface area contributed by atoms with Gasteiger partial charge in [-0.25, -0.2) is 9.97 Å². The van der Waals surface area contributed by atoms with E-state index in [2.05, 4.69) is 48.7 Å². The maximum Gasteiger partial charge on any atom is 0.290 e. The number of rotatable bonds is 6. The zero-order chi connectivity index (χ0) is 22.6. The zero-order valence-corrected chi connectivity index (χ0v) is 18.8. The first-order valence-electron chi connectivity index (χ1n) is 11.0. The molecule has 168 valence electrons. The Morgan fingerprint density at radius 1 is 1.09 bits per heavy atom. The molecule has 0 spiro atoms. The fraction of sp³-hybridized carbons (Fsp3) is 0.292. The van der Waals surface area contributed by atoms with Crippen LogP contribution in [0.25, 0.3) is 17.0 Å². The molecule has 4 heterocycles. The molecule has 9 heteroatoms. The lowest BCUT2D eigenvalue weighted by molar-refractivity contribution is -0.115. The lowest BCUT2D eigenvalue weighted by Crippen LogP contribution is -2.38. The fourth-order valence-electron chi connectivity index (χ4n) is 4.21. The molecule has 3 aromatic rings. The molecule has 0 saturated carbocycles. The molecule has 2 fully saturated rings. The minimum atomic E-state index is -0.377. The number of aromatic nitrogens is 3. The van der Waals surface area contributed by atoms with Crippen molar-refractivity contribution in [1.29, 1.82) is 0 Å². The van der Waals surface area contributed by atoms with Crippen molar-refractivity contribution in [3.05, 3.63) is 65.0 Å². The first-order valence-corrected chi connectivity index (χ1v) is 11.8. The predicted octanol–water partition coefficient (Wildman–Crippen LogP) is 3.35. The van der Waals surface area contributed by atoms with E-state index in [1.165, 1.54) is 10.9 Å². The molecule has 2 aliphatic rings. The minimum absolute atomic E-state index is 0.353. The van der Waals surface area contributed by atoms with Gasteiger partial charge in [0.2, 0.25) is 5.95 Å². The van der Waals surface area contributed by atoms with Crippen molar-refractivity contribution in [3.63, 3.8) is 0 Å². The van der Waals surface area contributed by atoms with Crippen molar-refractivity contribution < 1.29 is 9.59 Å². The average Bonchev–Trinajstić information content (AvgIpc) is 3.16. The Morgan fingerprint density at radius 3 is 2.73 bits per heavy atom. The molecule has 33 heavy (non-hydrogen) atoms. The van der Waals surface area contributed by atoms with Crippen molar-refractivity contribution in [2.24, 2.45) is 5.92 Å². The van der Waals surface area contributed by atoms with Crippen LogP contribution in [0.2, 0.25) is 0 Å². The number of para-hydroxylation sites is 1. The Bertz CT molecular complexity index is 1220. The number of nitrogens with one attached hydrogen (secondary N) is 2. The Balaban J connectivity index is 1.14. The van der Waals surface area contributed by atoms with Gasteiger partial charge < -0.3 is 10.2 Å². The summed E-state index contributed by atoms with van der Waals surface area (Å²) in [6, 6.07) is 12.1. The Labute approximate surface area is 195 Å². The molecule has 0 bridgehead atoms. The van der Waals surface area contributed by atoms with Crippen LogP contribution in [0.4, 0.5) is 10.7 Å². The molecule has 2 amide bonds. The zero-order valence-electron chi connectivity index (χ0n) is 18.0. The number of carbonyl (C=O) groups is 2. The van der Waals surface area contributed by atoms with Gasteiger partial charge in [0.1, 0.15) is 0 Å². The van der Waals surface area contributed by atoms with Crippen LogP contribution in [0.3, 0.4) is 0 Å². The summed E-state index contributed by atoms with van der Waals surface area (Å²) in [5.74, 6) is 0.885. The van der Waals surface area contributed by atoms with E-state index < -0.39 is 0 Å². The van der Waals surface area contributed by atoms with E-state index in [1.807, 2.05) is 18.3 Å². The number of pyridine rings is 1. The van der Waals surface area contributed by atoms with Gasteiger partial charge in [-0.3, -0.25) is 19.9 Å². The Kier molecular flexibility index (Phi) is 6.32. The first-order chi connectivity index (χ1) is 16.2. The van der Waals surface area contributed by atoms with E-state index in [0.29, 0.717) is 22.5 Å². The van der Waals surface area contributed by atoms with Gasteiger partial charge in [0.05, 0.1) is 16.1 Å². The highest BCUT2D eigenvalue weighted by Gasteiger charge is 2.25. The second-order valence-electron chi connectivity index (χ2n) is 8.18. The van der Waals surface area contributed by atoms with Gasteiger partial charge in [0, 0.05) is 37.4 Å². The second kappa shape index (κ2) is 9.68. The van der Waals surface area contributed by atoms with Gasteiger partial charge in [0.15, 0.2) is 0 Å². The highest BCUT2D eigenvalue weighted by molar-refractivity contribution is 8.18. The molecule has 2 aliphatic heterocycles. The van der Waals surface area contributed by atoms with Crippen LogP contribution in [0, 0.1) is 5.92 Å². The number of nitrogens with zero attached hydrogens (tertiary/aromatic N) is 4. The van der Waals surface area contributed by atoms with Crippen molar-refractivity contribution >= 4 is 45.8 Å². The van der Waals surface area contributed by atoms with Crippen LogP contribution in [0.5, 0.6) is 0 Å². The summed E-state index contributed by atoms with van der Waals surface area (Å²) in [5.41, 5.74) is 2.93. The maximum atomic E-state index is 11.8. The van der Waals surface area contributed by atoms with Crippen LogP contribution >= 0.6 is 11.8 Å². The number of hydrogen-bond donors (Lipinski definition) is 2. The van der Waals surface area contributed by atoms with E-state index in [4.69, 9.17) is 0 Å². The third-order valence-electron chi connectivity index (χ3n) is 5.97. The summed E-state index contributed by atoms with van der Waals surface area (Å²) in [4.78, 5) is 39.1. The lowest BCUT2D eigenvalue weighted by Gasteiger charge is -2.32. The lowest BCUT2D eigenvalue weighted by atomic mass is 9.97. The number of carbonyl (C=O) groups excluding carboxylic acids is 2. The summed E-state index contributed by atoms with van der Waals surface area (Å²) in [6.45, 7) is 3.57. The first kappa shape index (κ1) is 21.5. The van der Waals surface area contributed by atoms with E-state index in [9.17, 15) is 9.59 Å². The van der Waals surface area contributed by atoms with Crippen LogP contribution < -0.4 is 15.5 Å².